The van der Waals surface area contributed by atoms with Crippen LogP contribution in [-0.4, -0.2) is 21.6 Å². The average molecular weight is 329 g/mol. The van der Waals surface area contributed by atoms with Gasteiger partial charge in [-0.15, -0.1) is 11.3 Å². The minimum atomic E-state index is -0.0974. The lowest BCUT2D eigenvalue weighted by Crippen LogP contribution is -2.29. The second-order valence-corrected chi connectivity index (χ2v) is 7.94. The van der Waals surface area contributed by atoms with Crippen LogP contribution in [0.1, 0.15) is 38.4 Å². The maximum absolute atomic E-state index is 12.1. The Kier molecular flexibility index (Phi) is 3.20. The first-order valence-electron chi connectivity index (χ1n) is 7.94. The van der Waals surface area contributed by atoms with Crippen molar-refractivity contribution in [3.05, 3.63) is 27.9 Å². The van der Waals surface area contributed by atoms with Gasteiger partial charge in [0.2, 0.25) is 0 Å². The minimum absolute atomic E-state index is 0.0697. The van der Waals surface area contributed by atoms with Crippen molar-refractivity contribution < 1.29 is 4.74 Å². The number of thiophene rings is 1. The third kappa shape index (κ3) is 2.24. The summed E-state index contributed by atoms with van der Waals surface area (Å²) >= 11 is 1.43. The molecule has 0 bridgehead atoms. The molecule has 0 saturated carbocycles. The summed E-state index contributed by atoms with van der Waals surface area (Å²) in [5.41, 5.74) is 2.90. The molecule has 6 heteroatoms. The fourth-order valence-electron chi connectivity index (χ4n) is 3.26. The molecule has 0 saturated heterocycles. The van der Waals surface area contributed by atoms with Crippen LogP contribution in [0.5, 0.6) is 5.75 Å². The summed E-state index contributed by atoms with van der Waals surface area (Å²) in [7, 11) is 0. The number of aryl methyl sites for hydroxylation is 1. The van der Waals surface area contributed by atoms with E-state index in [1.165, 1.54) is 23.2 Å². The van der Waals surface area contributed by atoms with Crippen molar-refractivity contribution in [3.63, 3.8) is 0 Å². The zero-order chi connectivity index (χ0) is 16.2. The Labute approximate surface area is 137 Å². The summed E-state index contributed by atoms with van der Waals surface area (Å²) in [6.45, 7) is 7.25. The molecule has 1 aliphatic heterocycles. The maximum Gasteiger partial charge on any atom is 0.268 e. The van der Waals surface area contributed by atoms with Crippen LogP contribution in [0.25, 0.3) is 20.4 Å². The molecule has 0 atom stereocenters. The van der Waals surface area contributed by atoms with Gasteiger partial charge in [-0.3, -0.25) is 4.79 Å². The van der Waals surface area contributed by atoms with E-state index in [9.17, 15) is 4.79 Å². The summed E-state index contributed by atoms with van der Waals surface area (Å²) in [6, 6.07) is 0. The monoisotopic (exact) mass is 329 g/mol. The van der Waals surface area contributed by atoms with Crippen molar-refractivity contribution in [3.8, 4) is 5.75 Å². The van der Waals surface area contributed by atoms with Gasteiger partial charge < -0.3 is 9.72 Å². The third-order valence-electron chi connectivity index (χ3n) is 4.28. The molecular formula is C17H19N3O2S. The molecule has 4 rings (SSSR count). The number of aromatic nitrogens is 3. The average Bonchev–Trinajstić information content (AvgIpc) is 2.86. The van der Waals surface area contributed by atoms with E-state index in [0.717, 1.165) is 46.4 Å². The molecule has 0 amide bonds. The minimum Gasteiger partial charge on any atom is -0.491 e. The highest BCUT2D eigenvalue weighted by Gasteiger charge is 2.32. The molecule has 0 aromatic carbocycles. The first kappa shape index (κ1) is 14.6. The van der Waals surface area contributed by atoms with Gasteiger partial charge in [-0.05, 0) is 12.8 Å². The second kappa shape index (κ2) is 5.03. The molecule has 1 aliphatic rings. The Morgan fingerprint density at radius 1 is 1.43 bits per heavy atom. The lowest BCUT2D eigenvalue weighted by atomic mass is 9.83. The highest BCUT2D eigenvalue weighted by Crippen LogP contribution is 2.43. The fraction of sp³-hybridized carbons (Fsp3) is 0.471. The second-order valence-electron chi connectivity index (χ2n) is 6.94. The maximum atomic E-state index is 12.1. The number of fused-ring (bicyclic) bond motifs is 5. The van der Waals surface area contributed by atoms with Crippen LogP contribution in [0.4, 0.5) is 0 Å². The first-order chi connectivity index (χ1) is 11.0. The smallest absolute Gasteiger partial charge is 0.268 e. The van der Waals surface area contributed by atoms with Crippen LogP contribution in [0.2, 0.25) is 0 Å². The Morgan fingerprint density at radius 3 is 3.04 bits per heavy atom. The van der Waals surface area contributed by atoms with E-state index in [1.807, 2.05) is 0 Å². The molecule has 4 heterocycles. The normalized spacial score (nSPS) is 16.5. The predicted octanol–water partition coefficient (Wildman–Crippen LogP) is 3.45. The fourth-order valence-corrected chi connectivity index (χ4v) is 4.34. The molecule has 0 unspecified atom stereocenters. The van der Waals surface area contributed by atoms with E-state index in [1.54, 1.807) is 0 Å². The van der Waals surface area contributed by atoms with Gasteiger partial charge in [-0.2, -0.15) is 0 Å². The quantitative estimate of drug-likeness (QED) is 0.782. The molecule has 3 aromatic heterocycles. The van der Waals surface area contributed by atoms with Gasteiger partial charge in [0.1, 0.15) is 15.3 Å². The van der Waals surface area contributed by atoms with Gasteiger partial charge in [-0.1, -0.05) is 27.2 Å². The van der Waals surface area contributed by atoms with Crippen molar-refractivity contribution in [2.75, 3.05) is 6.61 Å². The molecule has 3 aromatic rings. The van der Waals surface area contributed by atoms with Crippen LogP contribution in [0, 0.1) is 5.41 Å². The number of ether oxygens (including phenoxy) is 1. The van der Waals surface area contributed by atoms with E-state index in [-0.39, 0.29) is 11.0 Å². The summed E-state index contributed by atoms with van der Waals surface area (Å²) in [5, 5.41) is 0.999. The standard InChI is InChI=1S/C17H19N3O2S/c1-4-5-10-13-9(6-17(2,3)7-22-13)11-12-14(23-16(11)20-10)15(21)19-8-18-12/h8H,4-7H2,1-3H3,(H,18,19,21). The molecule has 0 radical (unpaired) electrons. The van der Waals surface area contributed by atoms with Crippen LogP contribution in [0.3, 0.4) is 0 Å². The van der Waals surface area contributed by atoms with Crippen LogP contribution < -0.4 is 10.3 Å². The molecular weight excluding hydrogens is 310 g/mol. The van der Waals surface area contributed by atoms with Crippen molar-refractivity contribution >= 4 is 31.8 Å². The highest BCUT2D eigenvalue weighted by molar-refractivity contribution is 7.25. The summed E-state index contributed by atoms with van der Waals surface area (Å²) in [4.78, 5) is 24.9. The van der Waals surface area contributed by atoms with Gasteiger partial charge in [0, 0.05) is 16.4 Å². The largest absolute Gasteiger partial charge is 0.491 e. The third-order valence-corrected chi connectivity index (χ3v) is 5.36. The molecule has 120 valence electrons. The van der Waals surface area contributed by atoms with E-state index >= 15 is 0 Å². The van der Waals surface area contributed by atoms with Crippen LogP contribution in [0.15, 0.2) is 11.1 Å². The lowest BCUT2D eigenvalue weighted by Gasteiger charge is -2.32. The zero-order valence-corrected chi connectivity index (χ0v) is 14.3. The number of hydrogen-bond acceptors (Lipinski definition) is 5. The molecule has 23 heavy (non-hydrogen) atoms. The number of pyridine rings is 1. The number of aromatic amines is 1. The van der Waals surface area contributed by atoms with Gasteiger partial charge >= 0.3 is 0 Å². The van der Waals surface area contributed by atoms with Crippen LogP contribution >= 0.6 is 11.3 Å². The van der Waals surface area contributed by atoms with E-state index in [0.29, 0.717) is 11.3 Å². The summed E-state index contributed by atoms with van der Waals surface area (Å²) in [5.74, 6) is 0.917. The SMILES string of the molecule is CCCc1nc2sc3c(=O)[nH]cnc3c2c2c1OCC(C)(C)C2. The van der Waals surface area contributed by atoms with Gasteiger partial charge in [0.05, 0.1) is 24.1 Å². The molecule has 0 fully saturated rings. The highest BCUT2D eigenvalue weighted by atomic mass is 32.1. The Balaban J connectivity index is 2.13. The Hall–Kier alpha value is -1.95. The number of rotatable bonds is 2. The topological polar surface area (TPSA) is 67.9 Å². The Bertz CT molecular complexity index is 971. The number of nitrogens with zero attached hydrogens (tertiary/aromatic N) is 2. The van der Waals surface area contributed by atoms with E-state index in [4.69, 9.17) is 9.72 Å². The van der Waals surface area contributed by atoms with Gasteiger partial charge in [0.15, 0.2) is 0 Å². The molecule has 5 nitrogen and oxygen atoms in total. The van der Waals surface area contributed by atoms with E-state index < -0.39 is 0 Å². The first-order valence-corrected chi connectivity index (χ1v) is 8.76. The van der Waals surface area contributed by atoms with Crippen molar-refractivity contribution in [2.45, 2.75) is 40.0 Å². The van der Waals surface area contributed by atoms with Crippen molar-refractivity contribution in [2.24, 2.45) is 5.41 Å². The number of hydrogen-bond donors (Lipinski definition) is 1. The Morgan fingerprint density at radius 2 is 2.26 bits per heavy atom. The lowest BCUT2D eigenvalue weighted by molar-refractivity contribution is 0.154. The van der Waals surface area contributed by atoms with Crippen molar-refractivity contribution in [1.29, 1.82) is 0 Å². The number of nitrogens with one attached hydrogen (secondary N) is 1. The van der Waals surface area contributed by atoms with E-state index in [2.05, 4.69) is 30.7 Å². The van der Waals surface area contributed by atoms with Gasteiger partial charge in [0.25, 0.3) is 5.56 Å². The molecule has 0 spiro atoms. The molecule has 0 aliphatic carbocycles. The van der Waals surface area contributed by atoms with Crippen molar-refractivity contribution in [1.82, 2.24) is 15.0 Å². The predicted molar refractivity (Wildman–Crippen MR) is 92.5 cm³/mol. The zero-order valence-electron chi connectivity index (χ0n) is 13.5. The summed E-state index contributed by atoms with van der Waals surface area (Å²) in [6.07, 6.45) is 4.29. The summed E-state index contributed by atoms with van der Waals surface area (Å²) < 4.78 is 6.75. The van der Waals surface area contributed by atoms with Crippen LogP contribution in [-0.2, 0) is 12.8 Å². The number of H-pyrrole nitrogens is 1. The molecule has 1 N–H and O–H groups in total. The van der Waals surface area contributed by atoms with Gasteiger partial charge in [-0.25, -0.2) is 9.97 Å².